The molecule has 0 saturated carbocycles. The second-order valence-corrected chi connectivity index (χ2v) is 7.81. The first kappa shape index (κ1) is 23.1. The van der Waals surface area contributed by atoms with Crippen molar-refractivity contribution in [3.05, 3.63) is 87.9 Å². The number of primary amides is 1. The summed E-state index contributed by atoms with van der Waals surface area (Å²) in [7, 11) is 1.61. The van der Waals surface area contributed by atoms with Crippen LogP contribution in [0.15, 0.2) is 71.8 Å². The fraction of sp³-hybridized carbons (Fsp3) is 0.0870. The second kappa shape index (κ2) is 8.71. The molecule has 174 valence electrons. The van der Waals surface area contributed by atoms with Crippen LogP contribution < -0.4 is 21.5 Å². The van der Waals surface area contributed by atoms with Crippen LogP contribution in [0, 0.1) is 0 Å². The van der Waals surface area contributed by atoms with E-state index in [1.165, 1.54) is 29.1 Å². The van der Waals surface area contributed by atoms with Crippen molar-refractivity contribution in [1.29, 1.82) is 0 Å². The fourth-order valence-electron chi connectivity index (χ4n) is 3.42. The lowest BCUT2D eigenvalue weighted by molar-refractivity contribution is -0.137. The molecule has 2 amide bonds. The summed E-state index contributed by atoms with van der Waals surface area (Å²) in [5, 5.41) is 3.09. The number of aromatic nitrogens is 2. The van der Waals surface area contributed by atoms with Crippen molar-refractivity contribution in [1.82, 2.24) is 9.55 Å². The predicted octanol–water partition coefficient (Wildman–Crippen LogP) is 5.57. The highest BCUT2D eigenvalue weighted by Crippen LogP contribution is 2.38. The lowest BCUT2D eigenvalue weighted by Gasteiger charge is -2.22. The maximum atomic E-state index is 13.2. The van der Waals surface area contributed by atoms with Gasteiger partial charge in [0.1, 0.15) is 0 Å². The van der Waals surface area contributed by atoms with E-state index in [1.54, 1.807) is 37.4 Å². The molecule has 0 aliphatic rings. The van der Waals surface area contributed by atoms with E-state index in [9.17, 15) is 22.8 Å². The standard InChI is InChI=1S/C23H17ClF3N5O2/c1-31-12-29-20-9-4-14(10-17(20)21(31)33)30-13-2-5-15(6-3-13)32(22(28)34)16-7-8-19(24)18(11-16)23(25,26)27/h2-12,30H,1H3,(H2,28,34). The van der Waals surface area contributed by atoms with Gasteiger partial charge in [0.05, 0.1) is 39.2 Å². The summed E-state index contributed by atoms with van der Waals surface area (Å²) >= 11 is 5.68. The van der Waals surface area contributed by atoms with Crippen molar-refractivity contribution in [2.45, 2.75) is 6.18 Å². The highest BCUT2D eigenvalue weighted by atomic mass is 35.5. The molecular weight excluding hydrogens is 471 g/mol. The van der Waals surface area contributed by atoms with Crippen molar-refractivity contribution in [3.8, 4) is 0 Å². The number of rotatable bonds is 4. The number of alkyl halides is 3. The van der Waals surface area contributed by atoms with Gasteiger partial charge in [-0.15, -0.1) is 0 Å². The summed E-state index contributed by atoms with van der Waals surface area (Å²) in [6, 6.07) is 13.6. The number of carbonyl (C=O) groups excluding carboxylic acids is 1. The van der Waals surface area contributed by atoms with Gasteiger partial charge in [0, 0.05) is 18.4 Å². The fourth-order valence-corrected chi connectivity index (χ4v) is 3.65. The molecule has 0 radical (unpaired) electrons. The van der Waals surface area contributed by atoms with Gasteiger partial charge in [-0.1, -0.05) is 11.6 Å². The minimum absolute atomic E-state index is 0.0807. The van der Waals surface area contributed by atoms with Crippen LogP contribution in [-0.4, -0.2) is 15.6 Å². The summed E-state index contributed by atoms with van der Waals surface area (Å²) in [4.78, 5) is 29.6. The summed E-state index contributed by atoms with van der Waals surface area (Å²) in [5.41, 5.74) is 6.16. The topological polar surface area (TPSA) is 93.2 Å². The molecule has 3 aromatic carbocycles. The molecule has 0 unspecified atom stereocenters. The first-order valence-corrected chi connectivity index (χ1v) is 10.2. The van der Waals surface area contributed by atoms with Gasteiger partial charge in [-0.2, -0.15) is 13.2 Å². The van der Waals surface area contributed by atoms with Crippen LogP contribution in [0.25, 0.3) is 10.9 Å². The molecule has 1 aromatic heterocycles. The summed E-state index contributed by atoms with van der Waals surface area (Å²) in [6.07, 6.45) is -3.25. The number of benzene rings is 3. The Morgan fingerprint density at radius 3 is 2.32 bits per heavy atom. The van der Waals surface area contributed by atoms with E-state index in [0.717, 1.165) is 17.0 Å². The van der Waals surface area contributed by atoms with Crippen molar-refractivity contribution >= 4 is 51.3 Å². The van der Waals surface area contributed by atoms with Gasteiger partial charge in [-0.3, -0.25) is 9.69 Å². The number of anilines is 4. The molecule has 0 atom stereocenters. The molecule has 0 saturated heterocycles. The minimum atomic E-state index is -4.69. The Morgan fingerprint density at radius 2 is 1.68 bits per heavy atom. The zero-order chi connectivity index (χ0) is 24.6. The Morgan fingerprint density at radius 1 is 1.03 bits per heavy atom. The van der Waals surface area contributed by atoms with E-state index >= 15 is 0 Å². The number of nitrogens with two attached hydrogens (primary N) is 1. The van der Waals surface area contributed by atoms with E-state index in [-0.39, 0.29) is 16.9 Å². The second-order valence-electron chi connectivity index (χ2n) is 7.40. The highest BCUT2D eigenvalue weighted by molar-refractivity contribution is 6.31. The maximum Gasteiger partial charge on any atom is 0.417 e. The van der Waals surface area contributed by atoms with E-state index in [1.807, 2.05) is 0 Å². The molecule has 4 rings (SSSR count). The van der Waals surface area contributed by atoms with E-state index < -0.39 is 22.8 Å². The Labute approximate surface area is 196 Å². The van der Waals surface area contributed by atoms with Crippen molar-refractivity contribution in [3.63, 3.8) is 0 Å². The molecule has 7 nitrogen and oxygen atoms in total. The first-order valence-electron chi connectivity index (χ1n) is 9.83. The van der Waals surface area contributed by atoms with Gasteiger partial charge in [-0.05, 0) is 60.7 Å². The van der Waals surface area contributed by atoms with E-state index in [2.05, 4.69) is 10.3 Å². The van der Waals surface area contributed by atoms with Crippen molar-refractivity contribution in [2.75, 3.05) is 10.2 Å². The molecule has 0 aliphatic heterocycles. The number of nitrogens with zero attached hydrogens (tertiary/aromatic N) is 3. The van der Waals surface area contributed by atoms with Crippen LogP contribution in [0.1, 0.15) is 5.56 Å². The Bertz CT molecular complexity index is 1450. The van der Waals surface area contributed by atoms with E-state index in [0.29, 0.717) is 22.3 Å². The molecular formula is C23H17ClF3N5O2. The SMILES string of the molecule is Cn1cnc2ccc(Nc3ccc(N(C(N)=O)c4ccc(Cl)c(C(F)(F)F)c4)cc3)cc2c1=O. The molecule has 34 heavy (non-hydrogen) atoms. The van der Waals surface area contributed by atoms with Crippen molar-refractivity contribution < 1.29 is 18.0 Å². The number of halogens is 4. The maximum absolute atomic E-state index is 13.2. The molecule has 0 aliphatic carbocycles. The van der Waals surface area contributed by atoms with Crippen LogP contribution in [-0.2, 0) is 13.2 Å². The largest absolute Gasteiger partial charge is 0.417 e. The number of urea groups is 1. The van der Waals surface area contributed by atoms with Gasteiger partial charge in [0.2, 0.25) is 0 Å². The average Bonchev–Trinajstić information content (AvgIpc) is 2.78. The normalized spacial score (nSPS) is 11.4. The average molecular weight is 488 g/mol. The predicted molar refractivity (Wildman–Crippen MR) is 125 cm³/mol. The minimum Gasteiger partial charge on any atom is -0.356 e. The van der Waals surface area contributed by atoms with Crippen LogP contribution in [0.5, 0.6) is 0 Å². The number of amides is 2. The zero-order valence-electron chi connectivity index (χ0n) is 17.6. The summed E-state index contributed by atoms with van der Waals surface area (Å²) in [6.45, 7) is 0. The summed E-state index contributed by atoms with van der Waals surface area (Å²) < 4.78 is 41.1. The van der Waals surface area contributed by atoms with E-state index in [4.69, 9.17) is 17.3 Å². The van der Waals surface area contributed by atoms with Gasteiger partial charge >= 0.3 is 12.2 Å². The van der Waals surface area contributed by atoms with Gasteiger partial charge in [0.15, 0.2) is 0 Å². The third-order valence-electron chi connectivity index (χ3n) is 5.07. The number of aryl methyl sites for hydroxylation is 1. The molecule has 11 heteroatoms. The van der Waals surface area contributed by atoms with Gasteiger partial charge < -0.3 is 15.6 Å². The smallest absolute Gasteiger partial charge is 0.356 e. The van der Waals surface area contributed by atoms with Crippen molar-refractivity contribution in [2.24, 2.45) is 12.8 Å². The number of nitrogens with one attached hydrogen (secondary N) is 1. The number of hydrogen-bond acceptors (Lipinski definition) is 4. The van der Waals surface area contributed by atoms with Crippen LogP contribution in [0.2, 0.25) is 5.02 Å². The highest BCUT2D eigenvalue weighted by Gasteiger charge is 2.34. The molecule has 0 fully saturated rings. The first-order chi connectivity index (χ1) is 16.0. The van der Waals surface area contributed by atoms with Gasteiger partial charge in [0.25, 0.3) is 5.56 Å². The van der Waals surface area contributed by atoms with Crippen LogP contribution in [0.3, 0.4) is 0 Å². The molecule has 0 spiro atoms. The van der Waals surface area contributed by atoms with Crippen LogP contribution >= 0.6 is 11.6 Å². The summed E-state index contributed by atoms with van der Waals surface area (Å²) in [5.74, 6) is 0. The van der Waals surface area contributed by atoms with Crippen LogP contribution in [0.4, 0.5) is 40.7 Å². The number of hydrogen-bond donors (Lipinski definition) is 2. The Hall–Kier alpha value is -4.05. The third-order valence-corrected chi connectivity index (χ3v) is 5.40. The molecule has 0 bridgehead atoms. The Balaban J connectivity index is 1.63. The molecule has 1 heterocycles. The lowest BCUT2D eigenvalue weighted by Crippen LogP contribution is -2.31. The lowest BCUT2D eigenvalue weighted by atomic mass is 10.1. The molecule has 4 aromatic rings. The molecule has 3 N–H and O–H groups in total. The monoisotopic (exact) mass is 487 g/mol. The number of fused-ring (bicyclic) bond motifs is 1. The Kier molecular flexibility index (Phi) is 5.92. The zero-order valence-corrected chi connectivity index (χ0v) is 18.4. The number of carbonyl (C=O) groups is 1. The third kappa shape index (κ3) is 4.53. The quantitative estimate of drug-likeness (QED) is 0.394. The van der Waals surface area contributed by atoms with Gasteiger partial charge in [-0.25, -0.2) is 9.78 Å².